The van der Waals surface area contributed by atoms with Crippen molar-refractivity contribution in [1.29, 1.82) is 0 Å². The molecule has 0 aliphatic heterocycles. The third kappa shape index (κ3) is 2.92. The van der Waals surface area contributed by atoms with Crippen LogP contribution in [0.3, 0.4) is 0 Å². The van der Waals surface area contributed by atoms with E-state index in [2.05, 4.69) is 47.6 Å². The first kappa shape index (κ1) is 17.0. The average Bonchev–Trinajstić information content (AvgIpc) is 2.93. The van der Waals surface area contributed by atoms with Crippen LogP contribution in [0.1, 0.15) is 53.5 Å². The molecule has 1 aliphatic carbocycles. The Morgan fingerprint density at radius 3 is 2.00 bits per heavy atom. The molecule has 0 aromatic heterocycles. The van der Waals surface area contributed by atoms with Gasteiger partial charge in [0.1, 0.15) is 5.82 Å². The summed E-state index contributed by atoms with van der Waals surface area (Å²) >= 11 is 0. The number of halogens is 1. The molecule has 0 N–H and O–H groups in total. The highest BCUT2D eigenvalue weighted by atomic mass is 19.1. The summed E-state index contributed by atoms with van der Waals surface area (Å²) in [6.45, 7) is 13.6. The quantitative estimate of drug-likeness (QED) is 0.522. The van der Waals surface area contributed by atoms with E-state index in [4.69, 9.17) is 0 Å². The molecule has 0 unspecified atom stereocenters. The maximum Gasteiger partial charge on any atom is 0.131 e. The van der Waals surface area contributed by atoms with Gasteiger partial charge >= 0.3 is 0 Å². The van der Waals surface area contributed by atoms with E-state index < -0.39 is 0 Å². The zero-order chi connectivity index (χ0) is 17.7. The van der Waals surface area contributed by atoms with Crippen molar-refractivity contribution >= 4 is 16.3 Å². The van der Waals surface area contributed by atoms with Crippen LogP contribution in [-0.2, 0) is 0 Å². The van der Waals surface area contributed by atoms with Gasteiger partial charge in [-0.1, -0.05) is 83.5 Å². The van der Waals surface area contributed by atoms with Crippen LogP contribution < -0.4 is 0 Å². The van der Waals surface area contributed by atoms with Crippen molar-refractivity contribution in [2.45, 2.75) is 48.0 Å². The SMILES string of the molecule is CC(C)(C)C1=CC(C(C)(C)C)=C(c2ccc(F)c3ccccc23)C1. The van der Waals surface area contributed by atoms with E-state index >= 15 is 0 Å². The third-order valence-electron chi connectivity index (χ3n) is 4.98. The third-order valence-corrected chi connectivity index (χ3v) is 4.98. The molecule has 0 radical (unpaired) electrons. The Morgan fingerprint density at radius 2 is 1.42 bits per heavy atom. The Bertz CT molecular complexity index is 852. The van der Waals surface area contributed by atoms with E-state index in [1.54, 1.807) is 6.07 Å². The number of rotatable bonds is 1. The van der Waals surface area contributed by atoms with Crippen LogP contribution in [-0.4, -0.2) is 0 Å². The maximum absolute atomic E-state index is 14.2. The van der Waals surface area contributed by atoms with Crippen LogP contribution in [0.2, 0.25) is 0 Å². The number of benzene rings is 2. The molecule has 0 bridgehead atoms. The van der Waals surface area contributed by atoms with E-state index in [1.165, 1.54) is 22.3 Å². The minimum Gasteiger partial charge on any atom is -0.206 e. The summed E-state index contributed by atoms with van der Waals surface area (Å²) in [5, 5.41) is 1.72. The van der Waals surface area contributed by atoms with Crippen LogP contribution in [0.4, 0.5) is 4.39 Å². The first-order chi connectivity index (χ1) is 11.1. The molecule has 0 spiro atoms. The van der Waals surface area contributed by atoms with Crippen LogP contribution in [0.5, 0.6) is 0 Å². The van der Waals surface area contributed by atoms with Crippen molar-refractivity contribution in [3.63, 3.8) is 0 Å². The van der Waals surface area contributed by atoms with Gasteiger partial charge in [-0.3, -0.25) is 0 Å². The minimum atomic E-state index is -0.144. The topological polar surface area (TPSA) is 0 Å². The Hall–Kier alpha value is -1.89. The number of hydrogen-bond donors (Lipinski definition) is 0. The second-order valence-corrected chi connectivity index (χ2v) is 8.88. The normalized spacial score (nSPS) is 16.0. The fraction of sp³-hybridized carbons (Fsp3) is 0.391. The Morgan fingerprint density at radius 1 is 0.792 bits per heavy atom. The summed E-state index contributed by atoms with van der Waals surface area (Å²) in [6.07, 6.45) is 3.33. The van der Waals surface area contributed by atoms with Crippen LogP contribution in [0, 0.1) is 16.6 Å². The molecule has 0 nitrogen and oxygen atoms in total. The predicted octanol–water partition coefficient (Wildman–Crippen LogP) is 7.15. The minimum absolute atomic E-state index is 0.0673. The zero-order valence-electron chi connectivity index (χ0n) is 15.6. The molecule has 0 saturated heterocycles. The molecule has 1 aliphatic rings. The van der Waals surface area contributed by atoms with E-state index in [-0.39, 0.29) is 16.6 Å². The van der Waals surface area contributed by atoms with Crippen molar-refractivity contribution in [3.8, 4) is 0 Å². The van der Waals surface area contributed by atoms with Gasteiger partial charge in [0.2, 0.25) is 0 Å². The molecule has 0 amide bonds. The molecule has 1 heteroatoms. The lowest BCUT2D eigenvalue weighted by atomic mass is 9.82. The molecule has 0 saturated carbocycles. The molecule has 2 aromatic carbocycles. The molecular weight excluding hydrogens is 295 g/mol. The molecule has 126 valence electrons. The summed E-state index contributed by atoms with van der Waals surface area (Å²) in [7, 11) is 0. The van der Waals surface area contributed by atoms with Gasteiger partial charge in [-0.05, 0) is 45.4 Å². The van der Waals surface area contributed by atoms with E-state index in [9.17, 15) is 4.39 Å². The molecule has 2 aromatic rings. The number of hydrogen-bond acceptors (Lipinski definition) is 0. The van der Waals surface area contributed by atoms with Crippen molar-refractivity contribution in [3.05, 3.63) is 65.0 Å². The Labute approximate surface area is 145 Å². The predicted molar refractivity (Wildman–Crippen MR) is 102 cm³/mol. The van der Waals surface area contributed by atoms with Crippen molar-refractivity contribution in [1.82, 2.24) is 0 Å². The Kier molecular flexibility index (Phi) is 3.94. The first-order valence-corrected chi connectivity index (χ1v) is 8.71. The summed E-state index contributed by atoms with van der Waals surface area (Å²) in [5.41, 5.74) is 5.57. The number of allylic oxidation sites excluding steroid dienone is 4. The summed E-state index contributed by atoms with van der Waals surface area (Å²) < 4.78 is 14.2. The van der Waals surface area contributed by atoms with Gasteiger partial charge < -0.3 is 0 Å². The standard InChI is InChI=1S/C23H27F/c1-22(2,3)15-13-19(20(14-15)23(4,5)6)17-11-12-21(24)18-10-8-7-9-16(17)18/h7-12,14H,13H2,1-6H3. The Balaban J connectivity index is 2.24. The van der Waals surface area contributed by atoms with Crippen molar-refractivity contribution < 1.29 is 4.39 Å². The van der Waals surface area contributed by atoms with Gasteiger partial charge in [-0.2, -0.15) is 0 Å². The van der Waals surface area contributed by atoms with Gasteiger partial charge in [0, 0.05) is 5.39 Å². The van der Waals surface area contributed by atoms with Gasteiger partial charge in [0.25, 0.3) is 0 Å². The van der Waals surface area contributed by atoms with E-state index in [0.717, 1.165) is 11.8 Å². The largest absolute Gasteiger partial charge is 0.206 e. The molecular formula is C23H27F. The van der Waals surface area contributed by atoms with Crippen molar-refractivity contribution in [2.24, 2.45) is 10.8 Å². The van der Waals surface area contributed by atoms with Crippen LogP contribution in [0.25, 0.3) is 16.3 Å². The molecule has 0 fully saturated rings. The second kappa shape index (κ2) is 5.58. The van der Waals surface area contributed by atoms with Crippen LogP contribution in [0.15, 0.2) is 53.6 Å². The fourth-order valence-electron chi connectivity index (χ4n) is 3.51. The van der Waals surface area contributed by atoms with Crippen LogP contribution >= 0.6 is 0 Å². The lowest BCUT2D eigenvalue weighted by Gasteiger charge is -2.22. The van der Waals surface area contributed by atoms with Gasteiger partial charge in [-0.15, -0.1) is 0 Å². The monoisotopic (exact) mass is 322 g/mol. The van der Waals surface area contributed by atoms with Crippen molar-refractivity contribution in [2.75, 3.05) is 0 Å². The summed E-state index contributed by atoms with van der Waals surface area (Å²) in [5.74, 6) is -0.144. The first-order valence-electron chi connectivity index (χ1n) is 8.71. The van der Waals surface area contributed by atoms with Gasteiger partial charge in [0.05, 0.1) is 0 Å². The lowest BCUT2D eigenvalue weighted by molar-refractivity contribution is 0.494. The lowest BCUT2D eigenvalue weighted by Crippen LogP contribution is -2.09. The summed E-state index contributed by atoms with van der Waals surface area (Å²) in [4.78, 5) is 0. The van der Waals surface area contributed by atoms with Gasteiger partial charge in [0.15, 0.2) is 0 Å². The molecule has 0 heterocycles. The molecule has 24 heavy (non-hydrogen) atoms. The molecule has 3 rings (SSSR count). The smallest absolute Gasteiger partial charge is 0.131 e. The highest BCUT2D eigenvalue weighted by Gasteiger charge is 2.31. The van der Waals surface area contributed by atoms with E-state index in [1.807, 2.05) is 30.3 Å². The zero-order valence-corrected chi connectivity index (χ0v) is 15.6. The van der Waals surface area contributed by atoms with Gasteiger partial charge in [-0.25, -0.2) is 4.39 Å². The maximum atomic E-state index is 14.2. The fourth-order valence-corrected chi connectivity index (χ4v) is 3.51. The highest BCUT2D eigenvalue weighted by molar-refractivity contribution is 5.96. The summed E-state index contributed by atoms with van der Waals surface area (Å²) in [6, 6.07) is 11.4. The second-order valence-electron chi connectivity index (χ2n) is 8.88. The highest BCUT2D eigenvalue weighted by Crippen LogP contribution is 2.48. The number of fused-ring (bicyclic) bond motifs is 1. The molecule has 0 atom stereocenters. The van der Waals surface area contributed by atoms with E-state index in [0.29, 0.717) is 5.39 Å². The average molecular weight is 322 g/mol.